The maximum atomic E-state index is 12.1. The van der Waals surface area contributed by atoms with Gasteiger partial charge < -0.3 is 4.98 Å². The Bertz CT molecular complexity index is 528. The molecule has 0 atom stereocenters. The molecule has 0 unspecified atom stereocenters. The van der Waals surface area contributed by atoms with Crippen molar-refractivity contribution in [1.29, 1.82) is 0 Å². The Labute approximate surface area is 109 Å². The highest BCUT2D eigenvalue weighted by molar-refractivity contribution is 7.89. The van der Waals surface area contributed by atoms with Gasteiger partial charge in [-0.1, -0.05) is 6.92 Å². The summed E-state index contributed by atoms with van der Waals surface area (Å²) >= 11 is 0. The van der Waals surface area contributed by atoms with E-state index < -0.39 is 20.8 Å². The van der Waals surface area contributed by atoms with E-state index in [0.717, 1.165) is 0 Å². The van der Waals surface area contributed by atoms with Crippen LogP contribution in [0.1, 0.15) is 25.6 Å². The van der Waals surface area contributed by atoms with Gasteiger partial charge in [-0.25, -0.2) is 18.1 Å². The van der Waals surface area contributed by atoms with Crippen molar-refractivity contribution in [2.75, 3.05) is 11.5 Å². The molecule has 18 heavy (non-hydrogen) atoms. The molecule has 0 bridgehead atoms. The molecule has 2 rings (SSSR count). The number of H-pyrrole nitrogens is 1. The number of sulfonamides is 1. The number of aromatic amines is 1. The van der Waals surface area contributed by atoms with Crippen LogP contribution < -0.4 is 4.72 Å². The van der Waals surface area contributed by atoms with Gasteiger partial charge in [0.2, 0.25) is 0 Å². The van der Waals surface area contributed by atoms with Crippen molar-refractivity contribution in [3.63, 3.8) is 0 Å². The van der Waals surface area contributed by atoms with Gasteiger partial charge in [-0.3, -0.25) is 4.21 Å². The Balaban J connectivity index is 2.05. The highest BCUT2D eigenvalue weighted by Crippen LogP contribution is 2.13. The standard InChI is InChI=1S/C10H17N3O3S2/c1-2-9-11-7-10(12-9)18(15,16)13-8-3-5-17(14)6-4-8/h7-8,13H,2-6H2,1H3,(H,11,12). The summed E-state index contributed by atoms with van der Waals surface area (Å²) in [6.07, 6.45) is 3.25. The number of rotatable bonds is 4. The Kier molecular flexibility index (Phi) is 4.18. The first kappa shape index (κ1) is 13.7. The predicted octanol–water partition coefficient (Wildman–Crippen LogP) is 0.161. The Morgan fingerprint density at radius 3 is 2.72 bits per heavy atom. The summed E-state index contributed by atoms with van der Waals surface area (Å²) in [6, 6.07) is -0.124. The first-order chi connectivity index (χ1) is 8.51. The fraction of sp³-hybridized carbons (Fsp3) is 0.700. The molecule has 8 heteroatoms. The molecule has 0 saturated carbocycles. The van der Waals surface area contributed by atoms with Crippen LogP contribution in [0.3, 0.4) is 0 Å². The SMILES string of the molecule is CCc1ncc(S(=O)(=O)NC2CCS(=O)CC2)[nH]1. The maximum Gasteiger partial charge on any atom is 0.257 e. The fourth-order valence-electron chi connectivity index (χ4n) is 1.85. The van der Waals surface area contributed by atoms with Crippen molar-refractivity contribution < 1.29 is 12.6 Å². The van der Waals surface area contributed by atoms with Gasteiger partial charge in [-0.05, 0) is 12.8 Å². The fourth-order valence-corrected chi connectivity index (χ4v) is 4.40. The minimum absolute atomic E-state index is 0.103. The molecule has 6 nitrogen and oxygen atoms in total. The lowest BCUT2D eigenvalue weighted by Crippen LogP contribution is -2.39. The Morgan fingerprint density at radius 2 is 2.17 bits per heavy atom. The second-order valence-corrected chi connectivity index (χ2v) is 7.67. The van der Waals surface area contributed by atoms with Gasteiger partial charge in [-0.2, -0.15) is 0 Å². The summed E-state index contributed by atoms with van der Waals surface area (Å²) in [5.41, 5.74) is 0. The molecule has 1 saturated heterocycles. The van der Waals surface area contributed by atoms with E-state index in [9.17, 15) is 12.6 Å². The summed E-state index contributed by atoms with van der Waals surface area (Å²) in [6.45, 7) is 1.90. The van der Waals surface area contributed by atoms with Gasteiger partial charge in [-0.15, -0.1) is 0 Å². The van der Waals surface area contributed by atoms with Gasteiger partial charge in [0.25, 0.3) is 10.0 Å². The molecule has 0 amide bonds. The van der Waals surface area contributed by atoms with Gasteiger partial charge in [0.15, 0.2) is 5.03 Å². The van der Waals surface area contributed by atoms with Crippen LogP contribution in [-0.4, -0.2) is 40.1 Å². The molecular formula is C10H17N3O3S2. The first-order valence-corrected chi connectivity index (χ1v) is 8.89. The first-order valence-electron chi connectivity index (χ1n) is 5.92. The van der Waals surface area contributed by atoms with Crippen LogP contribution in [0, 0.1) is 0 Å². The lowest BCUT2D eigenvalue weighted by molar-refractivity contribution is 0.520. The van der Waals surface area contributed by atoms with Gasteiger partial charge >= 0.3 is 0 Å². The van der Waals surface area contributed by atoms with Crippen molar-refractivity contribution in [1.82, 2.24) is 14.7 Å². The number of hydrogen-bond acceptors (Lipinski definition) is 4. The smallest absolute Gasteiger partial charge is 0.257 e. The summed E-state index contributed by atoms with van der Waals surface area (Å²) in [4.78, 5) is 6.76. The van der Waals surface area contributed by atoms with Gasteiger partial charge in [0.1, 0.15) is 5.82 Å². The van der Waals surface area contributed by atoms with Crippen LogP contribution in [0.5, 0.6) is 0 Å². The van der Waals surface area contributed by atoms with Crippen LogP contribution in [0.2, 0.25) is 0 Å². The Morgan fingerprint density at radius 1 is 1.50 bits per heavy atom. The summed E-state index contributed by atoms with van der Waals surface area (Å²) < 4.78 is 37.9. The summed E-state index contributed by atoms with van der Waals surface area (Å²) in [5.74, 6) is 1.78. The van der Waals surface area contributed by atoms with E-state index in [2.05, 4.69) is 14.7 Å². The van der Waals surface area contributed by atoms with Crippen LogP contribution >= 0.6 is 0 Å². The van der Waals surface area contributed by atoms with E-state index in [1.807, 2.05) is 6.92 Å². The zero-order valence-corrected chi connectivity index (χ0v) is 11.8. The molecular weight excluding hydrogens is 274 g/mol. The second kappa shape index (κ2) is 5.50. The Hall–Kier alpha value is -0.730. The van der Waals surface area contributed by atoms with Gasteiger partial charge in [0, 0.05) is 34.8 Å². The summed E-state index contributed by atoms with van der Waals surface area (Å²) in [7, 11) is -4.32. The molecule has 1 aliphatic rings. The average Bonchev–Trinajstić information content (AvgIpc) is 2.81. The minimum Gasteiger partial charge on any atom is -0.332 e. The lowest BCUT2D eigenvalue weighted by atomic mass is 10.2. The minimum atomic E-state index is -3.53. The van der Waals surface area contributed by atoms with E-state index >= 15 is 0 Å². The summed E-state index contributed by atoms with van der Waals surface area (Å²) in [5, 5.41) is 0.103. The van der Waals surface area contributed by atoms with Crippen molar-refractivity contribution in [3.05, 3.63) is 12.0 Å². The van der Waals surface area contributed by atoms with Crippen molar-refractivity contribution in [2.45, 2.75) is 37.3 Å². The number of imidazole rings is 1. The van der Waals surface area contributed by atoms with Crippen LogP contribution in [0.15, 0.2) is 11.2 Å². The number of hydrogen-bond donors (Lipinski definition) is 2. The molecule has 102 valence electrons. The molecule has 2 heterocycles. The van der Waals surface area contributed by atoms with Crippen molar-refractivity contribution in [2.24, 2.45) is 0 Å². The van der Waals surface area contributed by atoms with Crippen molar-refractivity contribution in [3.8, 4) is 0 Å². The third-order valence-corrected chi connectivity index (χ3v) is 5.75. The third-order valence-electron chi connectivity index (χ3n) is 2.94. The topological polar surface area (TPSA) is 91.9 Å². The average molecular weight is 291 g/mol. The molecule has 0 radical (unpaired) electrons. The van der Waals surface area contributed by atoms with Crippen LogP contribution in [0.4, 0.5) is 0 Å². The monoisotopic (exact) mass is 291 g/mol. The molecule has 1 aromatic rings. The van der Waals surface area contributed by atoms with Crippen LogP contribution in [-0.2, 0) is 27.2 Å². The second-order valence-electron chi connectivity index (χ2n) is 4.29. The zero-order chi connectivity index (χ0) is 13.2. The molecule has 1 fully saturated rings. The third kappa shape index (κ3) is 3.18. The van der Waals surface area contributed by atoms with E-state index in [4.69, 9.17) is 0 Å². The molecule has 0 aliphatic carbocycles. The van der Waals surface area contributed by atoms with E-state index in [-0.39, 0.29) is 11.1 Å². The zero-order valence-electron chi connectivity index (χ0n) is 10.2. The number of nitrogens with zero attached hydrogens (tertiary/aromatic N) is 1. The van der Waals surface area contributed by atoms with Crippen molar-refractivity contribution >= 4 is 20.8 Å². The number of aromatic nitrogens is 2. The van der Waals surface area contributed by atoms with Gasteiger partial charge in [0.05, 0.1) is 6.20 Å². The molecule has 1 aliphatic heterocycles. The number of aryl methyl sites for hydroxylation is 1. The number of nitrogens with one attached hydrogen (secondary N) is 2. The maximum absolute atomic E-state index is 12.1. The van der Waals surface area contributed by atoms with E-state index in [0.29, 0.717) is 36.6 Å². The quantitative estimate of drug-likeness (QED) is 0.826. The highest BCUT2D eigenvalue weighted by Gasteiger charge is 2.25. The molecule has 1 aromatic heterocycles. The van der Waals surface area contributed by atoms with Crippen LogP contribution in [0.25, 0.3) is 0 Å². The largest absolute Gasteiger partial charge is 0.332 e. The normalized spacial score (nSPS) is 25.2. The highest BCUT2D eigenvalue weighted by atomic mass is 32.2. The molecule has 0 spiro atoms. The molecule has 0 aromatic carbocycles. The van der Waals surface area contributed by atoms with E-state index in [1.54, 1.807) is 0 Å². The van der Waals surface area contributed by atoms with E-state index in [1.165, 1.54) is 6.20 Å². The predicted molar refractivity (Wildman–Crippen MR) is 69.2 cm³/mol. The lowest BCUT2D eigenvalue weighted by Gasteiger charge is -2.21. The molecule has 2 N–H and O–H groups in total.